The van der Waals surface area contributed by atoms with Crippen LogP contribution in [-0.4, -0.2) is 50.6 Å². The number of carboxylic acids is 1. The van der Waals surface area contributed by atoms with E-state index in [9.17, 15) is 13.2 Å². The van der Waals surface area contributed by atoms with E-state index < -0.39 is 28.6 Å². The van der Waals surface area contributed by atoms with Gasteiger partial charge in [-0.2, -0.15) is 4.31 Å². The van der Waals surface area contributed by atoms with Crippen molar-refractivity contribution in [2.75, 3.05) is 20.8 Å². The summed E-state index contributed by atoms with van der Waals surface area (Å²) >= 11 is 0. The second-order valence-electron chi connectivity index (χ2n) is 4.55. The molecule has 0 bridgehead atoms. The third-order valence-electron chi connectivity index (χ3n) is 2.83. The maximum absolute atomic E-state index is 12.5. The first kappa shape index (κ1) is 17.3. The highest BCUT2D eigenvalue weighted by molar-refractivity contribution is 7.89. The first-order valence-corrected chi connectivity index (χ1v) is 7.63. The van der Waals surface area contributed by atoms with Gasteiger partial charge in [-0.25, -0.2) is 8.42 Å². The highest BCUT2D eigenvalue weighted by Crippen LogP contribution is 2.31. The normalized spacial score (nSPS) is 11.7. The first-order valence-electron chi connectivity index (χ1n) is 6.19. The molecule has 0 saturated heterocycles. The summed E-state index contributed by atoms with van der Waals surface area (Å²) in [5, 5.41) is 8.88. The van der Waals surface area contributed by atoms with Crippen molar-refractivity contribution >= 4 is 16.0 Å². The fraction of sp³-hybridized carbons (Fsp3) is 0.462. The van der Waals surface area contributed by atoms with Crippen molar-refractivity contribution in [2.24, 2.45) is 0 Å². The summed E-state index contributed by atoms with van der Waals surface area (Å²) in [6, 6.07) is 3.64. The van der Waals surface area contributed by atoms with Gasteiger partial charge < -0.3 is 14.6 Å². The van der Waals surface area contributed by atoms with Crippen molar-refractivity contribution < 1.29 is 27.8 Å². The van der Waals surface area contributed by atoms with Crippen molar-refractivity contribution in [1.82, 2.24) is 4.31 Å². The summed E-state index contributed by atoms with van der Waals surface area (Å²) in [5.41, 5.74) is 0. The van der Waals surface area contributed by atoms with Gasteiger partial charge in [0, 0.05) is 12.1 Å². The Kier molecular flexibility index (Phi) is 5.56. The molecular weight excluding hydrogens is 298 g/mol. The van der Waals surface area contributed by atoms with Crippen molar-refractivity contribution in [3.8, 4) is 11.5 Å². The van der Waals surface area contributed by atoms with Crippen LogP contribution in [0.2, 0.25) is 0 Å². The quantitative estimate of drug-likeness (QED) is 0.812. The summed E-state index contributed by atoms with van der Waals surface area (Å²) in [6.45, 7) is 2.62. The lowest BCUT2D eigenvalue weighted by atomic mass is 10.3. The predicted molar refractivity (Wildman–Crippen MR) is 76.2 cm³/mol. The van der Waals surface area contributed by atoms with Gasteiger partial charge >= 0.3 is 5.97 Å². The lowest BCUT2D eigenvalue weighted by Gasteiger charge is -2.24. The van der Waals surface area contributed by atoms with Gasteiger partial charge in [0.05, 0.1) is 19.1 Å². The molecule has 0 unspecified atom stereocenters. The van der Waals surface area contributed by atoms with E-state index in [1.807, 2.05) is 0 Å². The van der Waals surface area contributed by atoms with E-state index in [0.29, 0.717) is 5.75 Å². The first-order chi connectivity index (χ1) is 9.73. The molecule has 0 radical (unpaired) electrons. The van der Waals surface area contributed by atoms with E-state index in [2.05, 4.69) is 0 Å². The van der Waals surface area contributed by atoms with Gasteiger partial charge in [-0.1, -0.05) is 0 Å². The molecule has 0 aliphatic carbocycles. The SMILES string of the molecule is COc1ccc(S(=O)(=O)N(CC(=O)O)C(C)C)cc1OC. The van der Waals surface area contributed by atoms with Crippen LogP contribution in [0, 0.1) is 0 Å². The van der Waals surface area contributed by atoms with Crippen molar-refractivity contribution in [2.45, 2.75) is 24.8 Å². The topological polar surface area (TPSA) is 93.1 Å². The number of carbonyl (C=O) groups is 1. The molecule has 0 aliphatic heterocycles. The molecule has 21 heavy (non-hydrogen) atoms. The monoisotopic (exact) mass is 317 g/mol. The van der Waals surface area contributed by atoms with Crippen LogP contribution in [0.5, 0.6) is 11.5 Å². The molecule has 1 rings (SSSR count). The number of nitrogens with zero attached hydrogens (tertiary/aromatic N) is 1. The Morgan fingerprint density at radius 1 is 1.24 bits per heavy atom. The summed E-state index contributed by atoms with van der Waals surface area (Å²) in [6.07, 6.45) is 0. The number of ether oxygens (including phenoxy) is 2. The molecule has 1 aromatic carbocycles. The summed E-state index contributed by atoms with van der Waals surface area (Å²) in [4.78, 5) is 10.8. The minimum absolute atomic E-state index is 0.0462. The average molecular weight is 317 g/mol. The van der Waals surface area contributed by atoms with Crippen LogP contribution in [0.1, 0.15) is 13.8 Å². The zero-order valence-corrected chi connectivity index (χ0v) is 13.2. The minimum atomic E-state index is -3.94. The number of sulfonamides is 1. The van der Waals surface area contributed by atoms with Gasteiger partial charge in [-0.15, -0.1) is 0 Å². The Labute approximate surface area is 124 Å². The predicted octanol–water partition coefficient (Wildman–Crippen LogP) is 1.19. The van der Waals surface area contributed by atoms with Gasteiger partial charge in [0.1, 0.15) is 6.54 Å². The number of aliphatic carboxylic acids is 1. The van der Waals surface area contributed by atoms with Gasteiger partial charge in [0.25, 0.3) is 0 Å². The van der Waals surface area contributed by atoms with Crippen LogP contribution >= 0.6 is 0 Å². The third-order valence-corrected chi connectivity index (χ3v) is 4.85. The Morgan fingerprint density at radius 3 is 2.24 bits per heavy atom. The van der Waals surface area contributed by atoms with Crippen molar-refractivity contribution in [1.29, 1.82) is 0 Å². The molecule has 1 N–H and O–H groups in total. The fourth-order valence-electron chi connectivity index (χ4n) is 1.79. The van der Waals surface area contributed by atoms with Crippen LogP contribution in [0.3, 0.4) is 0 Å². The number of carboxylic acid groups (broad SMARTS) is 1. The molecule has 0 spiro atoms. The van der Waals surface area contributed by atoms with E-state index in [0.717, 1.165) is 4.31 Å². The minimum Gasteiger partial charge on any atom is -0.493 e. The molecule has 0 atom stereocenters. The van der Waals surface area contributed by atoms with Crippen LogP contribution in [0.15, 0.2) is 23.1 Å². The Bertz CT molecular complexity index is 611. The second kappa shape index (κ2) is 6.77. The third kappa shape index (κ3) is 3.85. The largest absolute Gasteiger partial charge is 0.493 e. The smallest absolute Gasteiger partial charge is 0.318 e. The lowest BCUT2D eigenvalue weighted by Crippen LogP contribution is -2.40. The van der Waals surface area contributed by atoms with E-state index in [1.165, 1.54) is 32.4 Å². The molecule has 0 aromatic heterocycles. The molecular formula is C13H19NO6S. The molecule has 0 fully saturated rings. The van der Waals surface area contributed by atoms with E-state index in [1.54, 1.807) is 13.8 Å². The van der Waals surface area contributed by atoms with Crippen LogP contribution in [0.4, 0.5) is 0 Å². The second-order valence-corrected chi connectivity index (χ2v) is 6.45. The van der Waals surface area contributed by atoms with Gasteiger partial charge in [0.15, 0.2) is 11.5 Å². The van der Waals surface area contributed by atoms with Crippen molar-refractivity contribution in [3.05, 3.63) is 18.2 Å². The standard InChI is InChI=1S/C13H19NO6S/c1-9(2)14(8-13(15)16)21(17,18)10-5-6-11(19-3)12(7-10)20-4/h5-7,9H,8H2,1-4H3,(H,15,16). The number of rotatable bonds is 7. The average Bonchev–Trinajstić information content (AvgIpc) is 2.43. The molecule has 0 aliphatic rings. The highest BCUT2D eigenvalue weighted by Gasteiger charge is 2.29. The fourth-order valence-corrected chi connectivity index (χ4v) is 3.39. The number of methoxy groups -OCH3 is 2. The van der Waals surface area contributed by atoms with Crippen LogP contribution in [-0.2, 0) is 14.8 Å². The Morgan fingerprint density at radius 2 is 1.81 bits per heavy atom. The molecule has 0 amide bonds. The van der Waals surface area contributed by atoms with Crippen LogP contribution in [0.25, 0.3) is 0 Å². The van der Waals surface area contributed by atoms with E-state index in [-0.39, 0.29) is 10.6 Å². The lowest BCUT2D eigenvalue weighted by molar-refractivity contribution is -0.137. The Hall–Kier alpha value is -1.80. The number of hydrogen-bond donors (Lipinski definition) is 1. The molecule has 8 heteroatoms. The molecule has 118 valence electrons. The molecule has 7 nitrogen and oxygen atoms in total. The number of hydrogen-bond acceptors (Lipinski definition) is 5. The molecule has 0 heterocycles. The highest BCUT2D eigenvalue weighted by atomic mass is 32.2. The Balaban J connectivity index is 3.31. The van der Waals surface area contributed by atoms with Gasteiger partial charge in [0.2, 0.25) is 10.0 Å². The van der Waals surface area contributed by atoms with E-state index in [4.69, 9.17) is 14.6 Å². The summed E-state index contributed by atoms with van der Waals surface area (Å²) < 4.78 is 36.1. The molecule has 0 saturated carbocycles. The van der Waals surface area contributed by atoms with E-state index >= 15 is 0 Å². The summed E-state index contributed by atoms with van der Waals surface area (Å²) in [5.74, 6) is -0.559. The zero-order valence-electron chi connectivity index (χ0n) is 12.4. The van der Waals surface area contributed by atoms with Crippen LogP contribution < -0.4 is 9.47 Å². The molecule has 1 aromatic rings. The zero-order chi connectivity index (χ0) is 16.2. The van der Waals surface area contributed by atoms with Crippen molar-refractivity contribution in [3.63, 3.8) is 0 Å². The number of benzene rings is 1. The van der Waals surface area contributed by atoms with Gasteiger partial charge in [-0.05, 0) is 26.0 Å². The summed E-state index contributed by atoms with van der Waals surface area (Å²) in [7, 11) is -1.10. The maximum Gasteiger partial charge on any atom is 0.318 e. The maximum atomic E-state index is 12.5. The van der Waals surface area contributed by atoms with Gasteiger partial charge in [-0.3, -0.25) is 4.79 Å².